The SMILES string of the molecule is CC(N=C=O)c1ccc(N=C=O)cc1. The zero-order valence-corrected chi connectivity index (χ0v) is 7.60. The maximum atomic E-state index is 10.00. The molecular weight excluding hydrogens is 180 g/mol. The van der Waals surface area contributed by atoms with Gasteiger partial charge in [-0.2, -0.15) is 9.98 Å². The van der Waals surface area contributed by atoms with Crippen LogP contribution in [0.2, 0.25) is 0 Å². The van der Waals surface area contributed by atoms with Gasteiger partial charge in [-0.3, -0.25) is 0 Å². The maximum absolute atomic E-state index is 10.00. The third-order valence-electron chi connectivity index (χ3n) is 1.80. The minimum Gasteiger partial charge on any atom is -0.211 e. The summed E-state index contributed by atoms with van der Waals surface area (Å²) in [6.45, 7) is 1.78. The van der Waals surface area contributed by atoms with E-state index in [2.05, 4.69) is 9.98 Å². The number of benzene rings is 1. The van der Waals surface area contributed by atoms with Gasteiger partial charge >= 0.3 is 0 Å². The third kappa shape index (κ3) is 2.49. The molecule has 1 atom stereocenters. The highest BCUT2D eigenvalue weighted by molar-refractivity contribution is 5.49. The second kappa shape index (κ2) is 4.87. The second-order valence-electron chi connectivity index (χ2n) is 2.69. The van der Waals surface area contributed by atoms with E-state index in [0.29, 0.717) is 5.69 Å². The van der Waals surface area contributed by atoms with Gasteiger partial charge in [0.2, 0.25) is 12.2 Å². The Balaban J connectivity index is 2.92. The van der Waals surface area contributed by atoms with E-state index in [1.165, 1.54) is 12.2 Å². The Bertz CT molecular complexity index is 399. The maximum Gasteiger partial charge on any atom is 0.240 e. The van der Waals surface area contributed by atoms with Gasteiger partial charge < -0.3 is 0 Å². The fourth-order valence-corrected chi connectivity index (χ4v) is 1.03. The van der Waals surface area contributed by atoms with Gasteiger partial charge in [-0.1, -0.05) is 12.1 Å². The Kier molecular flexibility index (Phi) is 3.50. The first-order valence-corrected chi connectivity index (χ1v) is 4.02. The summed E-state index contributed by atoms with van der Waals surface area (Å²) in [6, 6.07) is 6.61. The predicted octanol–water partition coefficient (Wildman–Crippen LogP) is 2.05. The highest BCUT2D eigenvalue weighted by Crippen LogP contribution is 2.19. The molecule has 1 aromatic carbocycles. The molecular formula is C10H8N2O2. The Labute approximate surface area is 81.0 Å². The fraction of sp³-hybridized carbons (Fsp3) is 0.200. The van der Waals surface area contributed by atoms with E-state index in [1.54, 1.807) is 31.2 Å². The van der Waals surface area contributed by atoms with Crippen LogP contribution < -0.4 is 0 Å². The van der Waals surface area contributed by atoms with Crippen molar-refractivity contribution in [1.29, 1.82) is 0 Å². The van der Waals surface area contributed by atoms with Crippen molar-refractivity contribution in [1.82, 2.24) is 0 Å². The lowest BCUT2D eigenvalue weighted by molar-refractivity contribution is 0.559. The molecule has 1 rings (SSSR count). The Morgan fingerprint density at radius 2 is 1.79 bits per heavy atom. The van der Waals surface area contributed by atoms with Crippen LogP contribution in [0.4, 0.5) is 5.69 Å². The number of hydrogen-bond donors (Lipinski definition) is 0. The predicted molar refractivity (Wildman–Crippen MR) is 50.8 cm³/mol. The summed E-state index contributed by atoms with van der Waals surface area (Å²) in [6.07, 6.45) is 2.94. The van der Waals surface area contributed by atoms with Crippen LogP contribution in [0.3, 0.4) is 0 Å². The lowest BCUT2D eigenvalue weighted by Gasteiger charge is -2.03. The molecule has 70 valence electrons. The third-order valence-corrected chi connectivity index (χ3v) is 1.80. The van der Waals surface area contributed by atoms with Crippen molar-refractivity contribution in [3.05, 3.63) is 29.8 Å². The van der Waals surface area contributed by atoms with Crippen LogP contribution >= 0.6 is 0 Å². The number of aliphatic imine (C=N–C) groups is 2. The summed E-state index contributed by atoms with van der Waals surface area (Å²) in [4.78, 5) is 26.9. The average molecular weight is 188 g/mol. The van der Waals surface area contributed by atoms with Crippen molar-refractivity contribution in [3.8, 4) is 0 Å². The van der Waals surface area contributed by atoms with Gasteiger partial charge in [0.1, 0.15) is 0 Å². The first-order chi connectivity index (χ1) is 6.77. The molecule has 0 radical (unpaired) electrons. The largest absolute Gasteiger partial charge is 0.240 e. The molecule has 0 amide bonds. The van der Waals surface area contributed by atoms with Crippen molar-refractivity contribution >= 4 is 17.8 Å². The van der Waals surface area contributed by atoms with Crippen LogP contribution in [0.25, 0.3) is 0 Å². The molecule has 14 heavy (non-hydrogen) atoms. The molecule has 0 N–H and O–H groups in total. The van der Waals surface area contributed by atoms with Gasteiger partial charge in [0.25, 0.3) is 0 Å². The number of isocyanates is 2. The highest BCUT2D eigenvalue weighted by Gasteiger charge is 2.01. The van der Waals surface area contributed by atoms with Gasteiger partial charge in [0, 0.05) is 0 Å². The van der Waals surface area contributed by atoms with Gasteiger partial charge in [-0.05, 0) is 24.6 Å². The first-order valence-electron chi connectivity index (χ1n) is 4.02. The summed E-state index contributed by atoms with van der Waals surface area (Å²) in [5.41, 5.74) is 1.41. The lowest BCUT2D eigenvalue weighted by Crippen LogP contribution is -1.87. The van der Waals surface area contributed by atoms with Crippen molar-refractivity contribution < 1.29 is 9.59 Å². The summed E-state index contributed by atoms with van der Waals surface area (Å²) < 4.78 is 0. The molecule has 0 heterocycles. The van der Waals surface area contributed by atoms with Gasteiger partial charge in [0.05, 0.1) is 11.7 Å². The zero-order chi connectivity index (χ0) is 10.4. The monoisotopic (exact) mass is 188 g/mol. The summed E-state index contributed by atoms with van der Waals surface area (Å²) in [5, 5.41) is 0. The summed E-state index contributed by atoms with van der Waals surface area (Å²) in [7, 11) is 0. The van der Waals surface area contributed by atoms with Gasteiger partial charge in [-0.25, -0.2) is 9.59 Å². The standard InChI is InChI=1S/C10H8N2O2/c1-8(11-6-13)9-2-4-10(5-3-9)12-7-14/h2-5,8H,1H3. The average Bonchev–Trinajstić information content (AvgIpc) is 2.20. The number of hydrogen-bond acceptors (Lipinski definition) is 4. The molecule has 1 aromatic rings. The first kappa shape index (κ1) is 10.1. The van der Waals surface area contributed by atoms with Crippen molar-refractivity contribution in [2.24, 2.45) is 9.98 Å². The second-order valence-corrected chi connectivity index (χ2v) is 2.69. The van der Waals surface area contributed by atoms with Crippen LogP contribution in [-0.4, -0.2) is 12.2 Å². The van der Waals surface area contributed by atoms with Crippen LogP contribution in [0.15, 0.2) is 34.3 Å². The van der Waals surface area contributed by atoms with E-state index in [1.807, 2.05) is 0 Å². The Morgan fingerprint density at radius 1 is 1.14 bits per heavy atom. The smallest absolute Gasteiger partial charge is 0.211 e. The summed E-state index contributed by atoms with van der Waals surface area (Å²) in [5.74, 6) is 0. The van der Waals surface area contributed by atoms with E-state index < -0.39 is 0 Å². The topological polar surface area (TPSA) is 58.9 Å². The Hall–Kier alpha value is -2.02. The van der Waals surface area contributed by atoms with E-state index in [4.69, 9.17) is 0 Å². The highest BCUT2D eigenvalue weighted by atomic mass is 16.1. The van der Waals surface area contributed by atoms with Crippen LogP contribution in [0.1, 0.15) is 18.5 Å². The molecule has 0 saturated heterocycles. The summed E-state index contributed by atoms with van der Waals surface area (Å²) >= 11 is 0. The molecule has 0 aliphatic rings. The minimum absolute atomic E-state index is 0.221. The molecule has 0 spiro atoms. The molecule has 0 fully saturated rings. The van der Waals surface area contributed by atoms with E-state index in [-0.39, 0.29) is 6.04 Å². The van der Waals surface area contributed by atoms with Crippen molar-refractivity contribution in [2.75, 3.05) is 0 Å². The van der Waals surface area contributed by atoms with Crippen molar-refractivity contribution in [3.63, 3.8) is 0 Å². The molecule has 0 aromatic heterocycles. The normalized spacial score (nSPS) is 10.9. The molecule has 0 aliphatic heterocycles. The van der Waals surface area contributed by atoms with E-state index >= 15 is 0 Å². The van der Waals surface area contributed by atoms with Gasteiger partial charge in [0.15, 0.2) is 0 Å². The molecule has 0 bridgehead atoms. The Morgan fingerprint density at radius 3 is 2.29 bits per heavy atom. The quantitative estimate of drug-likeness (QED) is 0.538. The number of nitrogens with zero attached hydrogens (tertiary/aromatic N) is 2. The fourth-order valence-electron chi connectivity index (χ4n) is 1.03. The number of rotatable bonds is 3. The lowest BCUT2D eigenvalue weighted by atomic mass is 10.1. The minimum atomic E-state index is -0.221. The van der Waals surface area contributed by atoms with Crippen LogP contribution in [0, 0.1) is 0 Å². The zero-order valence-electron chi connectivity index (χ0n) is 7.60. The van der Waals surface area contributed by atoms with Crippen LogP contribution in [-0.2, 0) is 9.59 Å². The van der Waals surface area contributed by atoms with Crippen LogP contribution in [0.5, 0.6) is 0 Å². The molecule has 1 unspecified atom stereocenters. The molecule has 0 aliphatic carbocycles. The van der Waals surface area contributed by atoms with Gasteiger partial charge in [-0.15, -0.1) is 0 Å². The molecule has 4 heteroatoms. The molecule has 0 saturated carbocycles. The van der Waals surface area contributed by atoms with E-state index in [0.717, 1.165) is 5.56 Å². The van der Waals surface area contributed by atoms with Crippen molar-refractivity contribution in [2.45, 2.75) is 13.0 Å². The molecule has 4 nitrogen and oxygen atoms in total. The van der Waals surface area contributed by atoms with E-state index in [9.17, 15) is 9.59 Å². The number of carbonyl (C=O) groups excluding carboxylic acids is 2.